The fourth-order valence-corrected chi connectivity index (χ4v) is 6.00. The molecule has 0 bridgehead atoms. The molecule has 0 unspecified atom stereocenters. The fraction of sp³-hybridized carbons (Fsp3) is 0.565. The zero-order chi connectivity index (χ0) is 22.7. The number of hydrogen-bond donors (Lipinski definition) is 1. The van der Waals surface area contributed by atoms with Crippen LogP contribution in [-0.2, 0) is 26.3 Å². The third kappa shape index (κ3) is 2.81. The number of benzene rings is 1. The van der Waals surface area contributed by atoms with Crippen molar-refractivity contribution in [3.63, 3.8) is 0 Å². The lowest BCUT2D eigenvalue weighted by molar-refractivity contribution is -0.195. The fourth-order valence-electron chi connectivity index (χ4n) is 6.00. The molecule has 4 atom stereocenters. The molecule has 1 aromatic carbocycles. The Labute approximate surface area is 187 Å². The van der Waals surface area contributed by atoms with E-state index in [9.17, 15) is 14.7 Å². The minimum absolute atomic E-state index is 0.193. The van der Waals surface area contributed by atoms with Gasteiger partial charge in [0.15, 0.2) is 0 Å². The van der Waals surface area contributed by atoms with Gasteiger partial charge in [-0.05, 0) is 31.6 Å². The van der Waals surface area contributed by atoms with Gasteiger partial charge in [-0.25, -0.2) is 9.86 Å². The molecule has 4 aliphatic rings. The van der Waals surface area contributed by atoms with Crippen LogP contribution in [0, 0.1) is 0 Å². The van der Waals surface area contributed by atoms with E-state index in [1.165, 1.54) is 25.3 Å². The molecule has 1 aromatic rings. The Bertz CT molecular complexity index is 982. The predicted molar refractivity (Wildman–Crippen MR) is 114 cm³/mol. The summed E-state index contributed by atoms with van der Waals surface area (Å²) in [6.07, 6.45) is 4.14. The number of nitrogens with zero attached hydrogens (tertiary/aromatic N) is 3. The van der Waals surface area contributed by atoms with E-state index in [1.807, 2.05) is 18.2 Å². The van der Waals surface area contributed by atoms with Crippen molar-refractivity contribution in [2.75, 3.05) is 34.4 Å². The van der Waals surface area contributed by atoms with Crippen molar-refractivity contribution in [2.45, 2.75) is 49.1 Å². The predicted octanol–water partition coefficient (Wildman–Crippen LogP) is 1.97. The van der Waals surface area contributed by atoms with E-state index in [4.69, 9.17) is 14.3 Å². The Kier molecular flexibility index (Phi) is 4.96. The Morgan fingerprint density at radius 1 is 1.28 bits per heavy atom. The third-order valence-electron chi connectivity index (χ3n) is 7.54. The minimum atomic E-state index is -1.62. The van der Waals surface area contributed by atoms with Crippen LogP contribution in [0.3, 0.4) is 0 Å². The summed E-state index contributed by atoms with van der Waals surface area (Å²) in [7, 11) is 4.88. The quantitative estimate of drug-likeness (QED) is 0.562. The van der Waals surface area contributed by atoms with E-state index < -0.39 is 23.8 Å². The number of carboxylic acid groups (broad SMARTS) is 1. The lowest BCUT2D eigenvalue weighted by atomic mass is 9.68. The molecule has 0 radical (unpaired) electrons. The lowest BCUT2D eigenvalue weighted by Gasteiger charge is -2.44. The van der Waals surface area contributed by atoms with Crippen molar-refractivity contribution in [3.8, 4) is 5.75 Å². The second-order valence-electron chi connectivity index (χ2n) is 9.07. The number of carbonyl (C=O) groups is 2. The summed E-state index contributed by atoms with van der Waals surface area (Å²) >= 11 is 0. The van der Waals surface area contributed by atoms with Gasteiger partial charge in [-0.3, -0.25) is 14.5 Å². The van der Waals surface area contributed by atoms with Crippen LogP contribution in [-0.4, -0.2) is 84.2 Å². The third-order valence-corrected chi connectivity index (χ3v) is 7.54. The van der Waals surface area contributed by atoms with Gasteiger partial charge in [0.1, 0.15) is 11.9 Å². The van der Waals surface area contributed by atoms with Crippen molar-refractivity contribution in [1.29, 1.82) is 0 Å². The summed E-state index contributed by atoms with van der Waals surface area (Å²) in [6.45, 7) is 2.02. The van der Waals surface area contributed by atoms with Crippen LogP contribution in [0.25, 0.3) is 0 Å². The van der Waals surface area contributed by atoms with Gasteiger partial charge in [-0.15, -0.1) is 0 Å². The molecule has 0 saturated carbocycles. The second kappa shape index (κ2) is 7.47. The average molecular weight is 444 g/mol. The van der Waals surface area contributed by atoms with Crippen LogP contribution >= 0.6 is 0 Å². The van der Waals surface area contributed by atoms with Crippen LogP contribution in [0.5, 0.6) is 5.75 Å². The molecule has 9 nitrogen and oxygen atoms in total. The number of carbonyl (C=O) groups excluding carboxylic acids is 1. The highest BCUT2D eigenvalue weighted by atomic mass is 16.7. The van der Waals surface area contributed by atoms with Crippen molar-refractivity contribution < 1.29 is 29.0 Å². The maximum Gasteiger partial charge on any atom is 0.410 e. The first kappa shape index (κ1) is 21.2. The molecular weight excluding hydrogens is 414 g/mol. The van der Waals surface area contributed by atoms with Crippen LogP contribution in [0.15, 0.2) is 30.4 Å². The molecule has 32 heavy (non-hydrogen) atoms. The Balaban J connectivity index is 1.54. The van der Waals surface area contributed by atoms with E-state index in [-0.39, 0.29) is 24.5 Å². The highest BCUT2D eigenvalue weighted by Gasteiger charge is 2.59. The first-order valence-electron chi connectivity index (χ1n) is 11.0. The van der Waals surface area contributed by atoms with E-state index in [2.05, 4.69) is 24.1 Å². The Hall–Kier alpha value is -2.62. The summed E-state index contributed by atoms with van der Waals surface area (Å²) in [5, 5.41) is 11.3. The molecule has 1 N–H and O–H groups in total. The summed E-state index contributed by atoms with van der Waals surface area (Å²) in [4.78, 5) is 34.1. The van der Waals surface area contributed by atoms with Crippen molar-refractivity contribution in [3.05, 3.63) is 41.5 Å². The number of methoxy groups -OCH3 is 1. The number of rotatable bonds is 4. The lowest BCUT2D eigenvalue weighted by Crippen LogP contribution is -2.62. The van der Waals surface area contributed by atoms with E-state index in [0.717, 1.165) is 35.2 Å². The van der Waals surface area contributed by atoms with Gasteiger partial charge in [-0.1, -0.05) is 24.3 Å². The van der Waals surface area contributed by atoms with Crippen molar-refractivity contribution >= 4 is 12.0 Å². The molecule has 3 heterocycles. The standard InChI is InChI=1S/C23H29N3O6/c1-24-11-9-22-8-7-16(13-18(22)32-17-6-4-5-15(14-24)19(17)22)26(21(28)29)23(30-2)10-12-25(31-3)20(23)27/h4-8,16,18H,9-14H2,1-3H3,(H,28,29)/t16-,18-,22-,23-/m0/s1. The molecule has 5 rings (SSSR count). The normalized spacial score (nSPS) is 33.5. The second-order valence-corrected chi connectivity index (χ2v) is 9.07. The van der Waals surface area contributed by atoms with Gasteiger partial charge in [-0.2, -0.15) is 0 Å². The zero-order valence-electron chi connectivity index (χ0n) is 18.6. The molecule has 2 amide bonds. The molecule has 1 saturated heterocycles. The number of hydroxylamine groups is 2. The SMILES string of the molecule is CON1CC[C@@](OC)(N(C(=O)O)[C@H]2C=C[C@@]34CCN(C)Cc5cccc(c53)O[C@H]4C2)C1=O. The summed E-state index contributed by atoms with van der Waals surface area (Å²) in [6, 6.07) is 5.59. The molecule has 3 aliphatic heterocycles. The van der Waals surface area contributed by atoms with Gasteiger partial charge in [0.05, 0.1) is 25.1 Å². The number of amides is 2. The first-order chi connectivity index (χ1) is 15.4. The van der Waals surface area contributed by atoms with Crippen molar-refractivity contribution in [2.24, 2.45) is 0 Å². The Morgan fingerprint density at radius 2 is 2.09 bits per heavy atom. The van der Waals surface area contributed by atoms with Crippen LogP contribution < -0.4 is 4.74 Å². The molecule has 1 aliphatic carbocycles. The van der Waals surface area contributed by atoms with Crippen LogP contribution in [0.2, 0.25) is 0 Å². The van der Waals surface area contributed by atoms with E-state index in [1.54, 1.807) is 0 Å². The van der Waals surface area contributed by atoms with Gasteiger partial charge in [0.25, 0.3) is 5.91 Å². The minimum Gasteiger partial charge on any atom is -0.489 e. The number of hydrogen-bond acceptors (Lipinski definition) is 6. The summed E-state index contributed by atoms with van der Waals surface area (Å²) < 4.78 is 12.0. The highest BCUT2D eigenvalue weighted by Crippen LogP contribution is 2.53. The summed E-state index contributed by atoms with van der Waals surface area (Å²) in [5.74, 6) is 0.367. The van der Waals surface area contributed by atoms with Gasteiger partial charge in [0.2, 0.25) is 5.72 Å². The molecule has 1 spiro atoms. The number of ether oxygens (including phenoxy) is 2. The van der Waals surface area contributed by atoms with Gasteiger partial charge >= 0.3 is 6.09 Å². The topological polar surface area (TPSA) is 91.8 Å². The molecule has 1 fully saturated rings. The van der Waals surface area contributed by atoms with Crippen molar-refractivity contribution in [1.82, 2.24) is 14.9 Å². The van der Waals surface area contributed by atoms with E-state index >= 15 is 0 Å². The molecular formula is C23H29N3O6. The van der Waals surface area contributed by atoms with E-state index in [0.29, 0.717) is 6.42 Å². The summed E-state index contributed by atoms with van der Waals surface area (Å²) in [5.41, 5.74) is 0.547. The maximum absolute atomic E-state index is 13.0. The molecule has 9 heteroatoms. The average Bonchev–Trinajstić information content (AvgIpc) is 3.22. The Morgan fingerprint density at radius 3 is 2.78 bits per heavy atom. The maximum atomic E-state index is 13.0. The molecule has 0 aromatic heterocycles. The highest BCUT2D eigenvalue weighted by molar-refractivity contribution is 5.89. The van der Waals surface area contributed by atoms with Gasteiger partial charge in [0, 0.05) is 32.1 Å². The van der Waals surface area contributed by atoms with Gasteiger partial charge < -0.3 is 19.5 Å². The smallest absolute Gasteiger partial charge is 0.410 e. The first-order valence-corrected chi connectivity index (χ1v) is 11.0. The monoisotopic (exact) mass is 443 g/mol. The molecule has 172 valence electrons. The van der Waals surface area contributed by atoms with Crippen LogP contribution in [0.1, 0.15) is 30.4 Å². The largest absolute Gasteiger partial charge is 0.489 e. The van der Waals surface area contributed by atoms with Crippen LogP contribution in [0.4, 0.5) is 4.79 Å². The zero-order valence-corrected chi connectivity index (χ0v) is 18.6.